The van der Waals surface area contributed by atoms with Crippen molar-refractivity contribution in [1.82, 2.24) is 0 Å². The second kappa shape index (κ2) is 45.1. The first-order valence-electron chi connectivity index (χ1n) is 57.1. The molecule has 0 aromatic rings. The third kappa shape index (κ3) is 21.1. The molecule has 6 aliphatic heterocycles. The van der Waals surface area contributed by atoms with E-state index < -0.39 is 137 Å². The molecule has 22 aliphatic rings. The minimum atomic E-state index is -0.621. The maximum Gasteiger partial charge on any atom is 0.310 e. The molecule has 150 heavy (non-hydrogen) atoms. The first-order chi connectivity index (χ1) is 71.4. The summed E-state index contributed by atoms with van der Waals surface area (Å²) in [6.07, 6.45) is 20.5. The minimum Gasteiger partial charge on any atom is -0.466 e. The van der Waals surface area contributed by atoms with E-state index in [2.05, 4.69) is 6.92 Å². The highest BCUT2D eigenvalue weighted by Gasteiger charge is 2.77. The predicted molar refractivity (Wildman–Crippen MR) is 521 cm³/mol. The van der Waals surface area contributed by atoms with Crippen LogP contribution in [0.15, 0.2) is 0 Å². The van der Waals surface area contributed by atoms with Crippen molar-refractivity contribution in [1.29, 1.82) is 0 Å². The Kier molecular flexibility index (Phi) is 33.6. The summed E-state index contributed by atoms with van der Waals surface area (Å²) in [6.45, 7) is 33.9. The molecule has 0 aromatic carbocycles. The summed E-state index contributed by atoms with van der Waals surface area (Å²) in [4.78, 5) is 224. The maximum atomic E-state index is 13.1. The lowest BCUT2D eigenvalue weighted by Crippen LogP contribution is -2.46. The van der Waals surface area contributed by atoms with Crippen LogP contribution in [0.3, 0.4) is 0 Å². The van der Waals surface area contributed by atoms with Crippen molar-refractivity contribution in [3.05, 3.63) is 0 Å². The van der Waals surface area contributed by atoms with Gasteiger partial charge in [-0.2, -0.15) is 0 Å². The Morgan fingerprint density at radius 2 is 0.513 bits per heavy atom. The Morgan fingerprint density at radius 1 is 0.287 bits per heavy atom. The van der Waals surface area contributed by atoms with Crippen LogP contribution in [0.1, 0.15) is 317 Å². The van der Waals surface area contributed by atoms with Crippen LogP contribution >= 0.6 is 0 Å². The van der Waals surface area contributed by atoms with Crippen molar-refractivity contribution < 1.29 is 172 Å². The Hall–Kier alpha value is -9.54. The molecule has 0 amide bonds. The van der Waals surface area contributed by atoms with Crippen LogP contribution in [0, 0.1) is 178 Å². The summed E-state index contributed by atoms with van der Waals surface area (Å²) in [5.74, 6) is -13.9. The predicted octanol–water partition coefficient (Wildman–Crippen LogP) is 13.9. The van der Waals surface area contributed by atoms with E-state index in [-0.39, 0.29) is 257 Å². The monoisotopic (exact) mass is 2110 g/mol. The summed E-state index contributed by atoms with van der Waals surface area (Å²) in [5, 5.41) is 0. The van der Waals surface area contributed by atoms with E-state index in [0.717, 1.165) is 109 Å². The number of carbonyl (C=O) groups excluding carboxylic acids is 18. The number of esters is 18. The van der Waals surface area contributed by atoms with Crippen molar-refractivity contribution >= 4 is 107 Å². The molecule has 16 saturated carbocycles. The Morgan fingerprint density at radius 3 is 0.753 bits per heavy atom. The zero-order chi connectivity index (χ0) is 108. The number of hydrogen-bond donors (Lipinski definition) is 0. The Balaban J connectivity index is 0.000000123. The highest BCUT2D eigenvalue weighted by Crippen LogP contribution is 2.66. The highest BCUT2D eigenvalue weighted by molar-refractivity contribution is 5.92. The largest absolute Gasteiger partial charge is 0.466 e. The van der Waals surface area contributed by atoms with Crippen molar-refractivity contribution in [2.24, 2.45) is 178 Å². The summed E-state index contributed by atoms with van der Waals surface area (Å²) in [5.41, 5.74) is -1.43. The fourth-order valence-corrected chi connectivity index (χ4v) is 30.0. The van der Waals surface area contributed by atoms with Gasteiger partial charge >= 0.3 is 107 Å². The molecule has 6 saturated heterocycles. The average Bonchev–Trinajstić information content (AvgIpc) is 1.56. The standard InChI is InChI=1S/C21H30O6.2C20H28O6.C19H26O6.C18H26O6.C16H22O6/c1-4-11(3)18(22)25-16-13-10-12-14(19(23)26-17(12)16)15(13)20(24)27-21(5-2)8-6-7-9-21;1-4-10(2)17(21)24-15-12-9-11-13(18(22)25-16(11)15)14(12)19(23)26-20(3)7-5-6-8-20;1-3-10(2)18(21)25-16-12-9-13-15(20(23)26-17(13)16)14(12)19(22)24-11-7-5-4-6-8-11;1-3-9(2)17(20)24-15-11-8-12-14(19(22)25-16(12)15)13(11)18(21)23-10-6-4-5-7-10;1-6-8(2)15(19)22-13-10-7-9-11(16(20)23-14(9)13)12(10)17(21)24-18(3,4)5;1-4-7(3)14(17)21-12-8-6-9-11(16(19)22-13(9)12)10(8)15(18)20-5-2/h11-17H,4-10H2,1-3H3;10-16H,4-9H2,1-3H3;10-17H,3-9H2,1-2H3;9-16H,3-8H2,1-2H3;8-14H,6-7H2,1-5H3;7-13H,4-6H2,1-3H3. The smallest absolute Gasteiger partial charge is 0.310 e. The van der Waals surface area contributed by atoms with E-state index in [1.54, 1.807) is 27.7 Å². The molecule has 42 unspecified atom stereocenters. The fourth-order valence-electron chi connectivity index (χ4n) is 30.0. The summed E-state index contributed by atoms with van der Waals surface area (Å²) in [6, 6.07) is 0. The van der Waals surface area contributed by atoms with Crippen LogP contribution in [0.2, 0.25) is 0 Å². The molecule has 36 heteroatoms. The molecule has 12 bridgehead atoms. The number of fused-ring (bicyclic) bond motifs is 6. The van der Waals surface area contributed by atoms with Gasteiger partial charge in [0, 0.05) is 71.0 Å². The van der Waals surface area contributed by atoms with Gasteiger partial charge in [0.25, 0.3) is 0 Å². The molecule has 0 spiro atoms. The zero-order valence-electron chi connectivity index (χ0n) is 90.5. The average molecular weight is 2110 g/mol. The molecule has 0 N–H and O–H groups in total. The first kappa shape index (κ1) is 112. The van der Waals surface area contributed by atoms with E-state index >= 15 is 0 Å². The minimum absolute atomic E-state index is 0.0200. The second-order valence-corrected chi connectivity index (χ2v) is 48.9. The van der Waals surface area contributed by atoms with E-state index in [0.29, 0.717) is 77.0 Å². The Bertz CT molecular complexity index is 5080. The van der Waals surface area contributed by atoms with E-state index in [4.69, 9.17) is 85.3 Å². The fraction of sp³-hybridized carbons (Fsp3) is 0.842. The lowest BCUT2D eigenvalue weighted by Gasteiger charge is -2.34. The third-order valence-electron chi connectivity index (χ3n) is 39.1. The van der Waals surface area contributed by atoms with Gasteiger partial charge in [0.2, 0.25) is 0 Å². The molecule has 36 nitrogen and oxygen atoms in total. The van der Waals surface area contributed by atoms with Gasteiger partial charge < -0.3 is 85.3 Å². The summed E-state index contributed by atoms with van der Waals surface area (Å²) >= 11 is 0. The van der Waals surface area contributed by atoms with Gasteiger partial charge in [-0.15, -0.1) is 0 Å². The second-order valence-electron chi connectivity index (χ2n) is 48.9. The number of carbonyl (C=O) groups is 18. The van der Waals surface area contributed by atoms with Crippen molar-refractivity contribution in [2.45, 2.75) is 420 Å². The SMILES string of the molecule is CCC(C)C(=O)OC1C2CC3C1OC(=O)C3C2C(=O)OC(C)(C)C.CCC(C)C(=O)OC1C2CC3C1OC(=O)C3C2C(=O)OC1(C)CCCC1.CCC(C)C(=O)OC1C2CC3C1OC(=O)C3C2C(=O)OC1(CC)CCCC1.CCC(C)C(=O)OC1C2CC3C1OC(=O)C3C2C(=O)OC1CCCC1.CCC(C)C(=O)OC1C2CC3C1OC(=O)C3C2C(=O)OC1CCCCC1.CCOC(=O)C1C2CC3C(OC(=O)C31)C2OC(=O)C(C)CC. The van der Waals surface area contributed by atoms with Gasteiger partial charge in [0.05, 0.1) is 113 Å². The molecule has 832 valence electrons. The van der Waals surface area contributed by atoms with Gasteiger partial charge in [0.1, 0.15) is 102 Å². The van der Waals surface area contributed by atoms with Crippen LogP contribution in [-0.4, -0.2) is 216 Å². The van der Waals surface area contributed by atoms with E-state index in [1.165, 1.54) is 6.42 Å². The number of rotatable bonds is 30. The summed E-state index contributed by atoms with van der Waals surface area (Å²) < 4.78 is 101. The maximum absolute atomic E-state index is 13.1. The molecule has 6 heterocycles. The van der Waals surface area contributed by atoms with Crippen LogP contribution < -0.4 is 0 Å². The van der Waals surface area contributed by atoms with Crippen LogP contribution in [-0.2, 0) is 172 Å². The van der Waals surface area contributed by atoms with Crippen LogP contribution in [0.25, 0.3) is 0 Å². The quantitative estimate of drug-likeness (QED) is 0.0476. The molecule has 16 aliphatic carbocycles. The first-order valence-corrected chi connectivity index (χ1v) is 57.1. The third-order valence-corrected chi connectivity index (χ3v) is 39.1. The lowest BCUT2D eigenvalue weighted by molar-refractivity contribution is -0.176. The molecule has 22 fully saturated rings. The number of hydrogen-bond acceptors (Lipinski definition) is 36. The van der Waals surface area contributed by atoms with Gasteiger partial charge in [-0.25, -0.2) is 0 Å². The van der Waals surface area contributed by atoms with Gasteiger partial charge in [-0.3, -0.25) is 86.3 Å². The molecule has 0 aromatic heterocycles. The van der Waals surface area contributed by atoms with Gasteiger partial charge in [-0.05, 0) is 221 Å². The van der Waals surface area contributed by atoms with Crippen molar-refractivity contribution in [3.63, 3.8) is 0 Å². The van der Waals surface area contributed by atoms with Gasteiger partial charge in [-0.1, -0.05) is 96.4 Å². The van der Waals surface area contributed by atoms with E-state index in [1.807, 2.05) is 90.0 Å². The Labute approximate surface area is 878 Å². The lowest BCUT2D eigenvalue weighted by atomic mass is 9.78. The van der Waals surface area contributed by atoms with Crippen molar-refractivity contribution in [3.8, 4) is 0 Å². The highest BCUT2D eigenvalue weighted by atomic mass is 16.7. The zero-order valence-corrected chi connectivity index (χ0v) is 90.5. The number of ether oxygens (including phenoxy) is 18. The van der Waals surface area contributed by atoms with Crippen molar-refractivity contribution in [2.75, 3.05) is 6.61 Å². The van der Waals surface area contributed by atoms with Crippen LogP contribution in [0.5, 0.6) is 0 Å². The molecule has 0 radical (unpaired) electrons. The summed E-state index contributed by atoms with van der Waals surface area (Å²) in [7, 11) is 0. The molecular weight excluding hydrogens is 1950 g/mol. The molecular formula is C114H160O36. The van der Waals surface area contributed by atoms with Gasteiger partial charge in [0.15, 0.2) is 0 Å². The normalized spacial score (nSPS) is 39.5. The van der Waals surface area contributed by atoms with E-state index in [9.17, 15) is 86.3 Å². The molecule has 42 atom stereocenters. The van der Waals surface area contributed by atoms with Crippen LogP contribution in [0.4, 0.5) is 0 Å². The molecule has 22 rings (SSSR count). The topological polar surface area (TPSA) is 473 Å².